The van der Waals surface area contributed by atoms with Crippen molar-refractivity contribution < 1.29 is 8.78 Å². The monoisotopic (exact) mass is 1290 g/mol. The highest BCUT2D eigenvalue weighted by Crippen LogP contribution is 2.38. The standard InChI is InChI=1S/2C15H18ClN7.2C15H18FN7/c4*1-22-8-10(6-19-22)11-7-20-23-14(17)12(16)13(21-15(11)23)9-3-2-4-18-5-9/h4*6-9,18H,2-5,17H2,1H3. The Hall–Kier alpha value is -9.20. The van der Waals surface area contributed by atoms with Crippen molar-refractivity contribution in [1.29, 1.82) is 0 Å². The third-order valence-electron chi connectivity index (χ3n) is 17.4. The second-order valence-corrected chi connectivity index (χ2v) is 24.5. The van der Waals surface area contributed by atoms with Crippen LogP contribution in [0.3, 0.4) is 0 Å². The number of nitrogens with zero attached hydrogens (tertiary/aromatic N) is 20. The first-order valence-corrected chi connectivity index (χ1v) is 31.4. The van der Waals surface area contributed by atoms with Gasteiger partial charge in [0.25, 0.3) is 0 Å². The van der Waals surface area contributed by atoms with Gasteiger partial charge in [-0.15, -0.1) is 0 Å². The van der Waals surface area contributed by atoms with Crippen molar-refractivity contribution in [2.45, 2.75) is 75.0 Å². The van der Waals surface area contributed by atoms with Crippen molar-refractivity contribution in [2.75, 3.05) is 75.3 Å². The molecule has 32 heteroatoms. The maximum absolute atomic E-state index is 14.6. The summed E-state index contributed by atoms with van der Waals surface area (Å²) >= 11 is 12.9. The van der Waals surface area contributed by atoms with Crippen LogP contribution in [-0.2, 0) is 28.2 Å². The maximum Gasteiger partial charge on any atom is 0.187 e. The minimum absolute atomic E-state index is 0.00529. The van der Waals surface area contributed by atoms with Crippen LogP contribution >= 0.6 is 23.2 Å². The zero-order chi connectivity index (χ0) is 63.9. The number of aromatic nitrogens is 20. The summed E-state index contributed by atoms with van der Waals surface area (Å²) < 4.78 is 42.1. The Bertz CT molecular complexity index is 4020. The van der Waals surface area contributed by atoms with E-state index in [1.165, 1.54) is 9.03 Å². The van der Waals surface area contributed by atoms with Crippen LogP contribution in [0, 0.1) is 11.6 Å². The van der Waals surface area contributed by atoms with Gasteiger partial charge in [0.2, 0.25) is 0 Å². The molecule has 28 nitrogen and oxygen atoms in total. The Kier molecular flexibility index (Phi) is 17.5. The highest BCUT2D eigenvalue weighted by molar-refractivity contribution is 6.34. The normalized spacial score (nSPS) is 18.6. The predicted molar refractivity (Wildman–Crippen MR) is 348 cm³/mol. The lowest BCUT2D eigenvalue weighted by Gasteiger charge is -2.23. The fraction of sp³-hybridized carbons (Fsp3) is 0.400. The highest BCUT2D eigenvalue weighted by Gasteiger charge is 2.30. The van der Waals surface area contributed by atoms with Gasteiger partial charge in [0, 0.05) is 147 Å². The van der Waals surface area contributed by atoms with Crippen molar-refractivity contribution in [3.05, 3.63) is 119 Å². The van der Waals surface area contributed by atoms with Crippen LogP contribution in [0.5, 0.6) is 0 Å². The van der Waals surface area contributed by atoms with E-state index < -0.39 is 11.6 Å². The van der Waals surface area contributed by atoms with Gasteiger partial charge in [0.05, 0.1) is 72.4 Å². The van der Waals surface area contributed by atoms with Crippen molar-refractivity contribution >= 4 is 69.1 Å². The summed E-state index contributed by atoms with van der Waals surface area (Å²) in [5.74, 6) is 0.580. The van der Waals surface area contributed by atoms with Gasteiger partial charge in [-0.1, -0.05) is 23.2 Å². The number of hydrogen-bond acceptors (Lipinski definition) is 20. The largest absolute Gasteiger partial charge is 0.382 e. The summed E-state index contributed by atoms with van der Waals surface area (Å²) in [6.45, 7) is 7.19. The summed E-state index contributed by atoms with van der Waals surface area (Å²) in [7, 11) is 7.45. The summed E-state index contributed by atoms with van der Waals surface area (Å²) in [6.07, 6.45) is 29.7. The van der Waals surface area contributed by atoms with Crippen molar-refractivity contribution in [2.24, 2.45) is 28.2 Å². The molecule has 12 N–H and O–H groups in total. The molecule has 0 bridgehead atoms. The van der Waals surface area contributed by atoms with E-state index in [1.54, 1.807) is 77.3 Å². The first-order chi connectivity index (χ1) is 44.6. The average Bonchev–Trinajstić information content (AvgIpc) is 1.59. The highest BCUT2D eigenvalue weighted by atomic mass is 35.5. The van der Waals surface area contributed by atoms with E-state index >= 15 is 0 Å². The van der Waals surface area contributed by atoms with Gasteiger partial charge in [-0.2, -0.15) is 58.9 Å². The molecule has 12 aromatic rings. The molecule has 4 aliphatic heterocycles. The van der Waals surface area contributed by atoms with Gasteiger partial charge in [-0.25, -0.2) is 28.7 Å². The maximum atomic E-state index is 14.6. The lowest BCUT2D eigenvalue weighted by molar-refractivity contribution is 0.437. The number of piperidine rings is 4. The molecule has 0 aromatic carbocycles. The van der Waals surface area contributed by atoms with Crippen LogP contribution in [0.1, 0.15) is 97.8 Å². The van der Waals surface area contributed by atoms with Crippen molar-refractivity contribution in [3.63, 3.8) is 0 Å². The number of halogens is 4. The Labute approximate surface area is 536 Å². The Morgan fingerprint density at radius 2 is 0.620 bits per heavy atom. The molecule has 4 unspecified atom stereocenters. The van der Waals surface area contributed by atoms with Crippen LogP contribution in [0.25, 0.3) is 67.1 Å². The van der Waals surface area contributed by atoms with Crippen LogP contribution in [0.15, 0.2) is 74.4 Å². The topological polar surface area (TPSA) is 344 Å². The van der Waals surface area contributed by atoms with Crippen molar-refractivity contribution in [1.82, 2.24) is 119 Å². The zero-order valence-corrected chi connectivity index (χ0v) is 52.8. The summed E-state index contributed by atoms with van der Waals surface area (Å²) in [5, 5.41) is 48.2. The van der Waals surface area contributed by atoms with E-state index in [0.717, 1.165) is 171 Å². The molecular weight excluding hydrogens is 1220 g/mol. The van der Waals surface area contributed by atoms with E-state index in [1.807, 2.05) is 53.0 Å². The van der Waals surface area contributed by atoms with Gasteiger partial charge in [0.1, 0.15) is 21.7 Å². The van der Waals surface area contributed by atoms with Gasteiger partial charge in [-0.3, -0.25) is 18.7 Å². The molecule has 12 aromatic heterocycles. The number of hydrogen-bond donors (Lipinski definition) is 8. The fourth-order valence-corrected chi connectivity index (χ4v) is 13.1. The van der Waals surface area contributed by atoms with E-state index in [2.05, 4.69) is 72.0 Å². The molecule has 92 heavy (non-hydrogen) atoms. The number of anilines is 4. The van der Waals surface area contributed by atoms with Gasteiger partial charge >= 0.3 is 0 Å². The summed E-state index contributed by atoms with van der Waals surface area (Å²) in [5.41, 5.74) is 36.6. The second-order valence-electron chi connectivity index (χ2n) is 23.7. The Morgan fingerprint density at radius 3 is 0.859 bits per heavy atom. The zero-order valence-electron chi connectivity index (χ0n) is 51.3. The van der Waals surface area contributed by atoms with E-state index in [0.29, 0.717) is 44.4 Å². The van der Waals surface area contributed by atoms with E-state index in [-0.39, 0.29) is 35.3 Å². The minimum Gasteiger partial charge on any atom is -0.382 e. The number of aryl methyl sites for hydroxylation is 4. The predicted octanol–water partition coefficient (Wildman–Crippen LogP) is 6.30. The lowest BCUT2D eigenvalue weighted by Crippen LogP contribution is -2.30. The Morgan fingerprint density at radius 1 is 0.370 bits per heavy atom. The first-order valence-electron chi connectivity index (χ1n) is 30.7. The smallest absolute Gasteiger partial charge is 0.187 e. The summed E-state index contributed by atoms with van der Waals surface area (Å²) in [4.78, 5) is 18.8. The third kappa shape index (κ3) is 12.0. The number of rotatable bonds is 8. The van der Waals surface area contributed by atoms with Crippen LogP contribution in [-0.4, -0.2) is 150 Å². The molecule has 0 spiro atoms. The van der Waals surface area contributed by atoms with Gasteiger partial charge in [-0.05, 0) is 77.5 Å². The average molecular weight is 1290 g/mol. The Balaban J connectivity index is 0.000000112. The van der Waals surface area contributed by atoms with Crippen molar-refractivity contribution in [3.8, 4) is 44.5 Å². The van der Waals surface area contributed by atoms with Crippen LogP contribution < -0.4 is 44.2 Å². The SMILES string of the molecule is Cn1cc(-c2cnn3c(N)c(Cl)c(C4CCCNC4)nc23)cn1.Cn1cc(-c2cnn3c(N)c(Cl)c(C4CCCNC4)nc23)cn1.Cn1cc(-c2cnn3c(N)c(F)c(C4CCCNC4)nc23)cn1.Cn1cc(-c2cnn3c(N)c(F)c(C4CCCNC4)nc23)cn1. The molecule has 0 saturated carbocycles. The number of nitrogen functional groups attached to an aromatic ring is 4. The molecule has 480 valence electrons. The third-order valence-corrected chi connectivity index (χ3v) is 18.2. The molecule has 4 aliphatic rings. The van der Waals surface area contributed by atoms with Crippen LogP contribution in [0.2, 0.25) is 10.0 Å². The fourth-order valence-electron chi connectivity index (χ4n) is 12.5. The molecule has 0 amide bonds. The van der Waals surface area contributed by atoms with E-state index in [4.69, 9.17) is 56.1 Å². The molecule has 4 saturated heterocycles. The molecule has 4 atom stereocenters. The first kappa shape index (κ1) is 61.6. The van der Waals surface area contributed by atoms with Gasteiger partial charge in [0.15, 0.2) is 45.9 Å². The number of nitrogens with one attached hydrogen (secondary N) is 4. The summed E-state index contributed by atoms with van der Waals surface area (Å²) in [6, 6.07) is 0. The molecule has 16 rings (SSSR count). The van der Waals surface area contributed by atoms with E-state index in [9.17, 15) is 8.78 Å². The molecule has 0 radical (unpaired) electrons. The molecular formula is C60H72Cl2F2N28. The van der Waals surface area contributed by atoms with Gasteiger partial charge < -0.3 is 44.2 Å². The van der Waals surface area contributed by atoms with Crippen LogP contribution in [0.4, 0.5) is 32.1 Å². The molecule has 16 heterocycles. The molecule has 4 fully saturated rings. The number of nitrogens with two attached hydrogens (primary N) is 4. The minimum atomic E-state index is -0.466. The quantitative estimate of drug-likeness (QED) is 0.0827. The molecule has 0 aliphatic carbocycles. The number of fused-ring (bicyclic) bond motifs is 4. The lowest BCUT2D eigenvalue weighted by atomic mass is 9.95. The second kappa shape index (κ2) is 26.2.